The Morgan fingerprint density at radius 2 is 1.82 bits per heavy atom. The SMILES string of the molecule is COC1CCC(N2CCCCC2C(C)N)CC1. The van der Waals surface area contributed by atoms with Gasteiger partial charge >= 0.3 is 0 Å². The molecule has 3 heteroatoms. The van der Waals surface area contributed by atoms with Gasteiger partial charge < -0.3 is 10.5 Å². The minimum absolute atomic E-state index is 0.315. The maximum absolute atomic E-state index is 6.15. The minimum atomic E-state index is 0.315. The van der Waals surface area contributed by atoms with Gasteiger partial charge in [0.2, 0.25) is 0 Å². The number of hydrogen-bond donors (Lipinski definition) is 1. The van der Waals surface area contributed by atoms with Crippen molar-refractivity contribution >= 4 is 0 Å². The highest BCUT2D eigenvalue weighted by Gasteiger charge is 2.33. The first kappa shape index (κ1) is 13.3. The zero-order valence-electron chi connectivity index (χ0n) is 11.4. The summed E-state index contributed by atoms with van der Waals surface area (Å²) in [5.74, 6) is 0. The fraction of sp³-hybridized carbons (Fsp3) is 1.00. The number of likely N-dealkylation sites (tertiary alicyclic amines) is 1. The summed E-state index contributed by atoms with van der Waals surface area (Å²) in [5.41, 5.74) is 6.15. The highest BCUT2D eigenvalue weighted by Crippen LogP contribution is 2.30. The molecular formula is C14H28N2O. The molecule has 2 atom stereocenters. The Morgan fingerprint density at radius 1 is 1.12 bits per heavy atom. The van der Waals surface area contributed by atoms with E-state index in [0.717, 1.165) is 6.04 Å². The molecule has 0 aromatic carbocycles. The van der Waals surface area contributed by atoms with Crippen molar-refractivity contribution in [2.45, 2.75) is 76.1 Å². The van der Waals surface area contributed by atoms with Crippen LogP contribution in [0.3, 0.4) is 0 Å². The van der Waals surface area contributed by atoms with Crippen molar-refractivity contribution in [2.24, 2.45) is 5.73 Å². The van der Waals surface area contributed by atoms with Crippen LogP contribution in [-0.2, 0) is 4.74 Å². The van der Waals surface area contributed by atoms with E-state index in [1.807, 2.05) is 7.11 Å². The zero-order chi connectivity index (χ0) is 12.3. The topological polar surface area (TPSA) is 38.5 Å². The van der Waals surface area contributed by atoms with Crippen LogP contribution in [0.5, 0.6) is 0 Å². The molecule has 2 N–H and O–H groups in total. The van der Waals surface area contributed by atoms with Crippen molar-refractivity contribution in [1.29, 1.82) is 0 Å². The van der Waals surface area contributed by atoms with E-state index in [-0.39, 0.29) is 0 Å². The van der Waals surface area contributed by atoms with Gasteiger partial charge in [-0.15, -0.1) is 0 Å². The number of piperidine rings is 1. The summed E-state index contributed by atoms with van der Waals surface area (Å²) in [7, 11) is 1.84. The summed E-state index contributed by atoms with van der Waals surface area (Å²) >= 11 is 0. The normalized spacial score (nSPS) is 37.9. The number of rotatable bonds is 3. The molecule has 2 aliphatic rings. The molecule has 100 valence electrons. The molecule has 0 aromatic rings. The number of methoxy groups -OCH3 is 1. The molecule has 0 amide bonds. The van der Waals surface area contributed by atoms with Crippen LogP contribution in [0.25, 0.3) is 0 Å². The highest BCUT2D eigenvalue weighted by molar-refractivity contribution is 4.89. The van der Waals surface area contributed by atoms with Crippen LogP contribution in [0.1, 0.15) is 51.9 Å². The molecule has 0 spiro atoms. The molecule has 0 bridgehead atoms. The van der Waals surface area contributed by atoms with Gasteiger partial charge in [-0.2, -0.15) is 0 Å². The van der Waals surface area contributed by atoms with E-state index in [1.54, 1.807) is 0 Å². The third-order valence-electron chi connectivity index (χ3n) is 4.65. The van der Waals surface area contributed by atoms with Crippen LogP contribution in [0.15, 0.2) is 0 Å². The second-order valence-electron chi connectivity index (χ2n) is 5.83. The van der Waals surface area contributed by atoms with Gasteiger partial charge in [-0.25, -0.2) is 0 Å². The van der Waals surface area contributed by atoms with Gasteiger partial charge in [0.15, 0.2) is 0 Å². The van der Waals surface area contributed by atoms with Crippen LogP contribution < -0.4 is 5.73 Å². The lowest BCUT2D eigenvalue weighted by Gasteiger charge is -2.45. The van der Waals surface area contributed by atoms with Crippen LogP contribution >= 0.6 is 0 Å². The van der Waals surface area contributed by atoms with Crippen molar-refractivity contribution < 1.29 is 4.74 Å². The molecule has 1 aliphatic carbocycles. The maximum atomic E-state index is 6.15. The molecular weight excluding hydrogens is 212 g/mol. The Hall–Kier alpha value is -0.120. The number of nitrogens with two attached hydrogens (primary N) is 1. The minimum Gasteiger partial charge on any atom is -0.381 e. The molecule has 1 saturated heterocycles. The number of ether oxygens (including phenoxy) is 1. The van der Waals surface area contributed by atoms with E-state index in [4.69, 9.17) is 10.5 Å². The number of nitrogens with zero attached hydrogens (tertiary/aromatic N) is 1. The average Bonchev–Trinajstić information content (AvgIpc) is 2.39. The van der Waals surface area contributed by atoms with E-state index in [1.165, 1.54) is 51.5 Å². The first-order chi connectivity index (χ1) is 8.22. The summed E-state index contributed by atoms with van der Waals surface area (Å²) in [6.45, 7) is 3.43. The Balaban J connectivity index is 1.91. The van der Waals surface area contributed by atoms with Gasteiger partial charge in [-0.1, -0.05) is 6.42 Å². The van der Waals surface area contributed by atoms with Crippen molar-refractivity contribution in [1.82, 2.24) is 4.90 Å². The molecule has 2 unspecified atom stereocenters. The second kappa shape index (κ2) is 6.17. The number of hydrogen-bond acceptors (Lipinski definition) is 3. The van der Waals surface area contributed by atoms with Crippen molar-refractivity contribution in [3.8, 4) is 0 Å². The van der Waals surface area contributed by atoms with E-state index in [0.29, 0.717) is 18.2 Å². The molecule has 0 aromatic heterocycles. The lowest BCUT2D eigenvalue weighted by Crippen LogP contribution is -2.54. The monoisotopic (exact) mass is 240 g/mol. The molecule has 1 saturated carbocycles. The van der Waals surface area contributed by atoms with Crippen LogP contribution in [0.4, 0.5) is 0 Å². The van der Waals surface area contributed by atoms with E-state index >= 15 is 0 Å². The standard InChI is InChI=1S/C14H28N2O/c1-11(15)14-5-3-4-10-16(14)12-6-8-13(17-2)9-7-12/h11-14H,3-10,15H2,1-2H3. The fourth-order valence-electron chi connectivity index (χ4n) is 3.61. The predicted octanol–water partition coefficient (Wildman–Crippen LogP) is 2.15. The Kier molecular flexibility index (Phi) is 4.83. The molecule has 2 fully saturated rings. The molecule has 0 radical (unpaired) electrons. The predicted molar refractivity (Wildman–Crippen MR) is 71.0 cm³/mol. The highest BCUT2D eigenvalue weighted by atomic mass is 16.5. The van der Waals surface area contributed by atoms with Crippen molar-refractivity contribution in [3.63, 3.8) is 0 Å². The quantitative estimate of drug-likeness (QED) is 0.821. The third kappa shape index (κ3) is 3.21. The van der Waals surface area contributed by atoms with E-state index in [2.05, 4.69) is 11.8 Å². The van der Waals surface area contributed by atoms with Crippen LogP contribution in [0, 0.1) is 0 Å². The Labute approximate surface area is 106 Å². The first-order valence-electron chi connectivity index (χ1n) is 7.26. The van der Waals surface area contributed by atoms with Crippen molar-refractivity contribution in [2.75, 3.05) is 13.7 Å². The van der Waals surface area contributed by atoms with Gasteiger partial charge in [-0.3, -0.25) is 4.90 Å². The van der Waals surface area contributed by atoms with Gasteiger partial charge in [0, 0.05) is 25.2 Å². The molecule has 1 aliphatic heterocycles. The van der Waals surface area contributed by atoms with Crippen LogP contribution in [-0.4, -0.2) is 42.8 Å². The lowest BCUT2D eigenvalue weighted by atomic mass is 9.87. The largest absolute Gasteiger partial charge is 0.381 e. The Morgan fingerprint density at radius 3 is 2.41 bits per heavy atom. The zero-order valence-corrected chi connectivity index (χ0v) is 11.4. The Bertz CT molecular complexity index is 224. The molecule has 2 rings (SSSR count). The summed E-state index contributed by atoms with van der Waals surface area (Å²) in [5, 5.41) is 0. The maximum Gasteiger partial charge on any atom is 0.0572 e. The fourth-order valence-corrected chi connectivity index (χ4v) is 3.61. The van der Waals surface area contributed by atoms with Crippen molar-refractivity contribution in [3.05, 3.63) is 0 Å². The van der Waals surface area contributed by atoms with Gasteiger partial charge in [0.25, 0.3) is 0 Å². The third-order valence-corrected chi connectivity index (χ3v) is 4.65. The second-order valence-corrected chi connectivity index (χ2v) is 5.83. The summed E-state index contributed by atoms with van der Waals surface area (Å²) in [6, 6.07) is 1.70. The average molecular weight is 240 g/mol. The summed E-state index contributed by atoms with van der Waals surface area (Å²) in [6.07, 6.45) is 9.55. The lowest BCUT2D eigenvalue weighted by molar-refractivity contribution is 0.0114. The van der Waals surface area contributed by atoms with Gasteiger partial charge in [-0.05, 0) is 52.0 Å². The summed E-state index contributed by atoms with van der Waals surface area (Å²) < 4.78 is 5.46. The summed E-state index contributed by atoms with van der Waals surface area (Å²) in [4.78, 5) is 2.71. The van der Waals surface area contributed by atoms with Gasteiger partial charge in [0.1, 0.15) is 0 Å². The van der Waals surface area contributed by atoms with E-state index < -0.39 is 0 Å². The molecule has 17 heavy (non-hydrogen) atoms. The smallest absolute Gasteiger partial charge is 0.0572 e. The van der Waals surface area contributed by atoms with E-state index in [9.17, 15) is 0 Å². The van der Waals surface area contributed by atoms with Crippen LogP contribution in [0.2, 0.25) is 0 Å². The molecule has 3 nitrogen and oxygen atoms in total. The molecule has 1 heterocycles. The first-order valence-corrected chi connectivity index (χ1v) is 7.26. The van der Waals surface area contributed by atoms with Gasteiger partial charge in [0.05, 0.1) is 6.10 Å².